The zero-order chi connectivity index (χ0) is 13.8. The Morgan fingerprint density at radius 1 is 1.44 bits per heavy atom. The topological polar surface area (TPSA) is 40.9 Å². The molecule has 0 heterocycles. The molecule has 0 saturated heterocycles. The Morgan fingerprint density at radius 3 is 2.61 bits per heavy atom. The fraction of sp³-hybridized carbons (Fsp3) is 0.846. The Morgan fingerprint density at radius 2 is 2.11 bits per heavy atom. The molecular weight excluding hydrogens is 243 g/mol. The van der Waals surface area contributed by atoms with Gasteiger partial charge in [0.25, 0.3) is 0 Å². The summed E-state index contributed by atoms with van der Waals surface area (Å²) in [6.45, 7) is 1.86. The maximum absolute atomic E-state index is 12.6. The SMILES string of the molecule is CCCC(C#N)C(=O)C1CCCC(C(F)(F)F)C1. The molecule has 1 rings (SSSR count). The first-order valence-electron chi connectivity index (χ1n) is 6.40. The van der Waals surface area contributed by atoms with Gasteiger partial charge in [0.05, 0.1) is 12.0 Å². The lowest BCUT2D eigenvalue weighted by Crippen LogP contribution is -2.33. The molecule has 1 fully saturated rings. The zero-order valence-corrected chi connectivity index (χ0v) is 10.5. The van der Waals surface area contributed by atoms with Crippen LogP contribution in [0, 0.1) is 29.1 Å². The van der Waals surface area contributed by atoms with Crippen molar-refractivity contribution in [1.29, 1.82) is 5.26 Å². The Labute approximate surface area is 105 Å². The van der Waals surface area contributed by atoms with Gasteiger partial charge in [-0.2, -0.15) is 18.4 Å². The number of ketones is 1. The molecule has 0 bridgehead atoms. The molecule has 0 radical (unpaired) electrons. The fourth-order valence-electron chi connectivity index (χ4n) is 2.59. The lowest BCUT2D eigenvalue weighted by molar-refractivity contribution is -0.186. The van der Waals surface area contributed by atoms with Crippen LogP contribution in [-0.2, 0) is 4.79 Å². The molecule has 5 heteroatoms. The van der Waals surface area contributed by atoms with E-state index < -0.39 is 23.9 Å². The second kappa shape index (κ2) is 6.21. The van der Waals surface area contributed by atoms with E-state index in [-0.39, 0.29) is 18.6 Å². The van der Waals surface area contributed by atoms with Gasteiger partial charge >= 0.3 is 6.18 Å². The van der Waals surface area contributed by atoms with E-state index in [9.17, 15) is 18.0 Å². The number of alkyl halides is 3. The lowest BCUT2D eigenvalue weighted by Gasteiger charge is -2.30. The van der Waals surface area contributed by atoms with E-state index in [1.165, 1.54) is 0 Å². The molecule has 3 unspecified atom stereocenters. The smallest absolute Gasteiger partial charge is 0.298 e. The molecule has 0 aliphatic heterocycles. The molecular formula is C13H18F3NO. The van der Waals surface area contributed by atoms with Gasteiger partial charge in [0.2, 0.25) is 0 Å². The number of hydrogen-bond acceptors (Lipinski definition) is 2. The first-order valence-corrected chi connectivity index (χ1v) is 6.40. The largest absolute Gasteiger partial charge is 0.391 e. The van der Waals surface area contributed by atoms with Crippen LogP contribution in [0.1, 0.15) is 45.4 Å². The van der Waals surface area contributed by atoms with Crippen molar-refractivity contribution in [2.24, 2.45) is 17.8 Å². The molecule has 2 nitrogen and oxygen atoms in total. The van der Waals surface area contributed by atoms with Gasteiger partial charge in [-0.3, -0.25) is 4.79 Å². The zero-order valence-electron chi connectivity index (χ0n) is 10.5. The summed E-state index contributed by atoms with van der Waals surface area (Å²) in [5, 5.41) is 8.89. The van der Waals surface area contributed by atoms with Crippen molar-refractivity contribution in [2.75, 3.05) is 0 Å². The first-order chi connectivity index (χ1) is 8.40. The summed E-state index contributed by atoms with van der Waals surface area (Å²) in [4.78, 5) is 12.0. The molecule has 18 heavy (non-hydrogen) atoms. The van der Waals surface area contributed by atoms with E-state index in [1.807, 2.05) is 13.0 Å². The van der Waals surface area contributed by atoms with E-state index >= 15 is 0 Å². The molecule has 3 atom stereocenters. The second-order valence-corrected chi connectivity index (χ2v) is 4.97. The molecule has 0 aromatic carbocycles. The predicted octanol–water partition coefficient (Wildman–Crippen LogP) is 3.86. The molecule has 0 N–H and O–H groups in total. The number of Topliss-reactive ketones (excluding diaryl/α,β-unsaturated/α-hetero) is 1. The van der Waals surface area contributed by atoms with Crippen LogP contribution >= 0.6 is 0 Å². The Balaban J connectivity index is 2.66. The van der Waals surface area contributed by atoms with Crippen LogP contribution in [0.15, 0.2) is 0 Å². The van der Waals surface area contributed by atoms with Crippen molar-refractivity contribution in [1.82, 2.24) is 0 Å². The van der Waals surface area contributed by atoms with Gasteiger partial charge in [-0.1, -0.05) is 19.8 Å². The van der Waals surface area contributed by atoms with E-state index in [2.05, 4.69) is 0 Å². The number of rotatable bonds is 4. The van der Waals surface area contributed by atoms with E-state index in [0.717, 1.165) is 0 Å². The average molecular weight is 261 g/mol. The van der Waals surface area contributed by atoms with Crippen molar-refractivity contribution >= 4 is 5.78 Å². The summed E-state index contributed by atoms with van der Waals surface area (Å²) in [5.41, 5.74) is 0. The molecule has 0 spiro atoms. The molecule has 0 aromatic heterocycles. The van der Waals surface area contributed by atoms with Crippen LogP contribution in [0.5, 0.6) is 0 Å². The molecule has 0 amide bonds. The fourth-order valence-corrected chi connectivity index (χ4v) is 2.59. The summed E-state index contributed by atoms with van der Waals surface area (Å²) in [6.07, 6.45) is -2.19. The Bertz CT molecular complexity index is 332. The molecule has 1 aliphatic carbocycles. The quantitative estimate of drug-likeness (QED) is 0.770. The van der Waals surface area contributed by atoms with Gasteiger partial charge < -0.3 is 0 Å². The Kier molecular flexibility index (Phi) is 5.18. The number of carbonyl (C=O) groups is 1. The van der Waals surface area contributed by atoms with Gasteiger partial charge in [0.1, 0.15) is 5.92 Å². The summed E-state index contributed by atoms with van der Waals surface area (Å²) < 4.78 is 37.9. The molecule has 1 saturated carbocycles. The third-order valence-corrected chi connectivity index (χ3v) is 3.62. The highest BCUT2D eigenvalue weighted by Crippen LogP contribution is 2.41. The second-order valence-electron chi connectivity index (χ2n) is 4.97. The van der Waals surface area contributed by atoms with Gasteiger partial charge in [0, 0.05) is 5.92 Å². The van der Waals surface area contributed by atoms with Crippen LogP contribution < -0.4 is 0 Å². The minimum Gasteiger partial charge on any atom is -0.298 e. The monoisotopic (exact) mass is 261 g/mol. The van der Waals surface area contributed by atoms with Gasteiger partial charge in [0.15, 0.2) is 5.78 Å². The summed E-state index contributed by atoms with van der Waals surface area (Å²) >= 11 is 0. The van der Waals surface area contributed by atoms with Crippen molar-refractivity contribution in [2.45, 2.75) is 51.6 Å². The standard InChI is InChI=1S/C13H18F3NO/c1-2-4-10(8-17)12(18)9-5-3-6-11(7-9)13(14,15)16/h9-11H,2-7H2,1H3. The van der Waals surface area contributed by atoms with Crippen LogP contribution in [-0.4, -0.2) is 12.0 Å². The first kappa shape index (κ1) is 15.0. The van der Waals surface area contributed by atoms with Crippen LogP contribution in [0.4, 0.5) is 13.2 Å². The third kappa shape index (κ3) is 3.72. The van der Waals surface area contributed by atoms with Gasteiger partial charge in [-0.15, -0.1) is 0 Å². The van der Waals surface area contributed by atoms with Crippen molar-refractivity contribution in [3.8, 4) is 6.07 Å². The number of carbonyl (C=O) groups excluding carboxylic acids is 1. The van der Waals surface area contributed by atoms with Crippen molar-refractivity contribution in [3.63, 3.8) is 0 Å². The molecule has 102 valence electrons. The lowest BCUT2D eigenvalue weighted by atomic mass is 9.76. The number of nitrogens with zero attached hydrogens (tertiary/aromatic N) is 1. The maximum atomic E-state index is 12.6. The predicted molar refractivity (Wildman–Crippen MR) is 60.5 cm³/mol. The summed E-state index contributed by atoms with van der Waals surface area (Å²) in [7, 11) is 0. The highest BCUT2D eigenvalue weighted by atomic mass is 19.4. The third-order valence-electron chi connectivity index (χ3n) is 3.62. The van der Waals surface area contributed by atoms with E-state index in [0.29, 0.717) is 25.7 Å². The van der Waals surface area contributed by atoms with Crippen LogP contribution in [0.2, 0.25) is 0 Å². The molecule has 0 aromatic rings. The number of hydrogen-bond donors (Lipinski definition) is 0. The number of halogens is 3. The maximum Gasteiger partial charge on any atom is 0.391 e. The van der Waals surface area contributed by atoms with Crippen molar-refractivity contribution in [3.05, 3.63) is 0 Å². The molecule has 1 aliphatic rings. The average Bonchev–Trinajstić information content (AvgIpc) is 2.34. The van der Waals surface area contributed by atoms with Crippen LogP contribution in [0.25, 0.3) is 0 Å². The van der Waals surface area contributed by atoms with Gasteiger partial charge in [-0.25, -0.2) is 0 Å². The highest BCUT2D eigenvalue weighted by molar-refractivity contribution is 5.85. The van der Waals surface area contributed by atoms with E-state index in [4.69, 9.17) is 5.26 Å². The van der Waals surface area contributed by atoms with Gasteiger partial charge in [-0.05, 0) is 25.7 Å². The summed E-state index contributed by atoms with van der Waals surface area (Å²) in [6, 6.07) is 1.92. The van der Waals surface area contributed by atoms with Crippen LogP contribution in [0.3, 0.4) is 0 Å². The number of nitriles is 1. The minimum atomic E-state index is -4.22. The highest BCUT2D eigenvalue weighted by Gasteiger charge is 2.44. The normalized spacial score (nSPS) is 26.4. The minimum absolute atomic E-state index is 0.109. The van der Waals surface area contributed by atoms with E-state index in [1.54, 1.807) is 0 Å². The van der Waals surface area contributed by atoms with Crippen molar-refractivity contribution < 1.29 is 18.0 Å². The Hall–Kier alpha value is -1.05. The summed E-state index contributed by atoms with van der Waals surface area (Å²) in [5.74, 6) is -2.97.